The third kappa shape index (κ3) is 7.56. The van der Waals surface area contributed by atoms with Crippen molar-refractivity contribution in [1.29, 1.82) is 0 Å². The zero-order valence-corrected chi connectivity index (χ0v) is 24.6. The molecule has 4 rings (SSSR count). The molecule has 0 unspecified atom stereocenters. The minimum absolute atomic E-state index is 0.0256. The zero-order valence-electron chi connectivity index (χ0n) is 22.3. The first-order valence-corrected chi connectivity index (χ1v) is 15.5. The summed E-state index contributed by atoms with van der Waals surface area (Å²) < 4.78 is 28.7. The SMILES string of the molecule is C[C@H](C(=O)NC1CCCCC1)N(Cc1ccccc1)C(=O)CN(c1cccc(Cl)c1)S(=O)(=O)c1ccc(Cl)cc1. The van der Waals surface area contributed by atoms with E-state index in [1.54, 1.807) is 25.1 Å². The zero-order chi connectivity index (χ0) is 28.7. The molecule has 1 aliphatic carbocycles. The van der Waals surface area contributed by atoms with Crippen molar-refractivity contribution in [2.24, 2.45) is 0 Å². The number of benzene rings is 3. The van der Waals surface area contributed by atoms with Gasteiger partial charge in [-0.25, -0.2) is 8.42 Å². The van der Waals surface area contributed by atoms with E-state index in [4.69, 9.17) is 23.2 Å². The number of carbonyl (C=O) groups excluding carboxylic acids is 2. The van der Waals surface area contributed by atoms with Crippen LogP contribution >= 0.6 is 23.2 Å². The maximum Gasteiger partial charge on any atom is 0.264 e. The summed E-state index contributed by atoms with van der Waals surface area (Å²) in [6, 6.07) is 20.6. The fourth-order valence-corrected chi connectivity index (χ4v) is 6.54. The molecule has 1 N–H and O–H groups in total. The largest absolute Gasteiger partial charge is 0.352 e. The highest BCUT2D eigenvalue weighted by Crippen LogP contribution is 2.27. The monoisotopic (exact) mass is 601 g/mol. The van der Waals surface area contributed by atoms with Gasteiger partial charge in [0.05, 0.1) is 10.6 Å². The molecule has 3 aromatic rings. The van der Waals surface area contributed by atoms with Crippen molar-refractivity contribution in [1.82, 2.24) is 10.2 Å². The molecular formula is C30H33Cl2N3O4S. The Morgan fingerprint density at radius 2 is 1.57 bits per heavy atom. The van der Waals surface area contributed by atoms with Crippen LogP contribution in [0.3, 0.4) is 0 Å². The Morgan fingerprint density at radius 3 is 2.23 bits per heavy atom. The number of rotatable bonds is 10. The van der Waals surface area contributed by atoms with Gasteiger partial charge in [-0.3, -0.25) is 13.9 Å². The summed E-state index contributed by atoms with van der Waals surface area (Å²) in [5.74, 6) is -0.779. The van der Waals surface area contributed by atoms with Crippen LogP contribution in [0.2, 0.25) is 10.0 Å². The quantitative estimate of drug-likeness (QED) is 0.306. The molecular weight excluding hydrogens is 569 g/mol. The number of hydrogen-bond donors (Lipinski definition) is 1. The van der Waals surface area contributed by atoms with Crippen LogP contribution in [0.25, 0.3) is 0 Å². The molecule has 212 valence electrons. The van der Waals surface area contributed by atoms with Crippen molar-refractivity contribution in [2.45, 2.75) is 62.6 Å². The molecule has 40 heavy (non-hydrogen) atoms. The van der Waals surface area contributed by atoms with Gasteiger partial charge in [-0.05, 0) is 67.8 Å². The van der Waals surface area contributed by atoms with E-state index in [1.807, 2.05) is 30.3 Å². The predicted octanol–water partition coefficient (Wildman–Crippen LogP) is 6.05. The van der Waals surface area contributed by atoms with E-state index in [0.717, 1.165) is 42.0 Å². The van der Waals surface area contributed by atoms with Gasteiger partial charge in [-0.15, -0.1) is 0 Å². The van der Waals surface area contributed by atoms with Gasteiger partial charge in [-0.1, -0.05) is 78.9 Å². The minimum atomic E-state index is -4.19. The number of amides is 2. The van der Waals surface area contributed by atoms with Crippen LogP contribution in [0, 0.1) is 0 Å². The summed E-state index contributed by atoms with van der Waals surface area (Å²) in [6.07, 6.45) is 5.09. The lowest BCUT2D eigenvalue weighted by molar-refractivity contribution is -0.139. The van der Waals surface area contributed by atoms with Crippen molar-refractivity contribution < 1.29 is 18.0 Å². The number of anilines is 1. The number of nitrogens with zero attached hydrogens (tertiary/aromatic N) is 2. The summed E-state index contributed by atoms with van der Waals surface area (Å²) >= 11 is 12.2. The molecule has 1 saturated carbocycles. The van der Waals surface area contributed by atoms with E-state index in [0.29, 0.717) is 10.0 Å². The van der Waals surface area contributed by atoms with Gasteiger partial charge in [0.1, 0.15) is 12.6 Å². The molecule has 0 radical (unpaired) electrons. The van der Waals surface area contributed by atoms with Crippen molar-refractivity contribution >= 4 is 50.7 Å². The van der Waals surface area contributed by atoms with E-state index in [9.17, 15) is 18.0 Å². The fraction of sp³-hybridized carbons (Fsp3) is 0.333. The van der Waals surface area contributed by atoms with Crippen LogP contribution in [-0.4, -0.2) is 43.8 Å². The number of hydrogen-bond acceptors (Lipinski definition) is 4. The predicted molar refractivity (Wildman–Crippen MR) is 159 cm³/mol. The van der Waals surface area contributed by atoms with Crippen molar-refractivity contribution in [2.75, 3.05) is 10.8 Å². The molecule has 1 aliphatic rings. The summed E-state index contributed by atoms with van der Waals surface area (Å²) in [7, 11) is -4.19. The van der Waals surface area contributed by atoms with Gasteiger partial charge in [0.15, 0.2) is 0 Å². The maximum absolute atomic E-state index is 14.0. The molecule has 0 spiro atoms. The van der Waals surface area contributed by atoms with Gasteiger partial charge in [-0.2, -0.15) is 0 Å². The highest BCUT2D eigenvalue weighted by molar-refractivity contribution is 7.92. The van der Waals surface area contributed by atoms with Crippen LogP contribution in [0.15, 0.2) is 83.8 Å². The second-order valence-electron chi connectivity index (χ2n) is 9.97. The van der Waals surface area contributed by atoms with Gasteiger partial charge in [0.25, 0.3) is 10.0 Å². The summed E-state index contributed by atoms with van der Waals surface area (Å²) in [5.41, 5.74) is 1.05. The molecule has 1 fully saturated rings. The first-order chi connectivity index (χ1) is 19.1. The maximum atomic E-state index is 14.0. The van der Waals surface area contributed by atoms with E-state index in [2.05, 4.69) is 5.32 Å². The lowest BCUT2D eigenvalue weighted by Crippen LogP contribution is -2.53. The Kier molecular flexibility index (Phi) is 10.1. The van der Waals surface area contributed by atoms with Gasteiger partial charge in [0.2, 0.25) is 11.8 Å². The van der Waals surface area contributed by atoms with Crippen molar-refractivity contribution in [3.8, 4) is 0 Å². The average Bonchev–Trinajstić information content (AvgIpc) is 2.95. The standard InChI is InChI=1S/C30H33Cl2N3O4S/c1-22(30(37)33-26-12-6-3-7-13-26)34(20-23-9-4-2-5-10-23)29(36)21-35(27-14-8-11-25(32)19-27)40(38,39)28-17-15-24(31)16-18-28/h2,4-5,8-11,14-19,22,26H,3,6-7,12-13,20-21H2,1H3,(H,33,37)/t22-/m1/s1. The Morgan fingerprint density at radius 1 is 0.900 bits per heavy atom. The molecule has 0 aromatic heterocycles. The van der Waals surface area contributed by atoms with Crippen molar-refractivity contribution in [3.05, 3.63) is 94.5 Å². The summed E-state index contributed by atoms with van der Waals surface area (Å²) in [5, 5.41) is 3.81. The molecule has 0 saturated heterocycles. The fourth-order valence-electron chi connectivity index (χ4n) is 4.83. The van der Waals surface area contributed by atoms with Crippen molar-refractivity contribution in [3.63, 3.8) is 0 Å². The lowest BCUT2D eigenvalue weighted by Gasteiger charge is -2.33. The first kappa shape index (κ1) is 29.9. The van der Waals surface area contributed by atoms with E-state index in [1.165, 1.54) is 35.2 Å². The van der Waals surface area contributed by atoms with E-state index >= 15 is 0 Å². The Bertz CT molecular complexity index is 1410. The van der Waals surface area contributed by atoms with Gasteiger partial charge < -0.3 is 10.2 Å². The van der Waals surface area contributed by atoms with E-state index < -0.39 is 28.5 Å². The summed E-state index contributed by atoms with van der Waals surface area (Å²) in [6.45, 7) is 1.29. The average molecular weight is 603 g/mol. The molecule has 7 nitrogen and oxygen atoms in total. The first-order valence-electron chi connectivity index (χ1n) is 13.3. The molecule has 0 bridgehead atoms. The number of nitrogens with one attached hydrogen (secondary N) is 1. The topological polar surface area (TPSA) is 86.8 Å². The molecule has 0 heterocycles. The third-order valence-corrected chi connectivity index (χ3v) is 9.37. The van der Waals surface area contributed by atoms with Crippen LogP contribution in [0.1, 0.15) is 44.6 Å². The molecule has 2 amide bonds. The van der Waals surface area contributed by atoms with Crippen LogP contribution in [0.4, 0.5) is 5.69 Å². The Balaban J connectivity index is 1.66. The van der Waals surface area contributed by atoms with Gasteiger partial charge >= 0.3 is 0 Å². The van der Waals surface area contributed by atoms with Crippen LogP contribution in [0.5, 0.6) is 0 Å². The highest BCUT2D eigenvalue weighted by atomic mass is 35.5. The molecule has 1 atom stereocenters. The molecule has 0 aliphatic heterocycles. The highest BCUT2D eigenvalue weighted by Gasteiger charge is 2.33. The second-order valence-corrected chi connectivity index (χ2v) is 12.7. The van der Waals surface area contributed by atoms with E-state index in [-0.39, 0.29) is 29.1 Å². The Labute approximate surface area is 246 Å². The smallest absolute Gasteiger partial charge is 0.264 e. The molecule has 10 heteroatoms. The molecule has 3 aromatic carbocycles. The number of sulfonamides is 1. The second kappa shape index (κ2) is 13.5. The van der Waals surface area contributed by atoms with Crippen LogP contribution < -0.4 is 9.62 Å². The number of halogens is 2. The Hall–Kier alpha value is -3.07. The normalized spacial score (nSPS) is 14.8. The minimum Gasteiger partial charge on any atom is -0.352 e. The third-order valence-electron chi connectivity index (χ3n) is 7.09. The summed E-state index contributed by atoms with van der Waals surface area (Å²) in [4.78, 5) is 28.7. The number of carbonyl (C=O) groups is 2. The van der Waals surface area contributed by atoms with Crippen LogP contribution in [-0.2, 0) is 26.2 Å². The van der Waals surface area contributed by atoms with Gasteiger partial charge in [0, 0.05) is 22.6 Å². The lowest BCUT2D eigenvalue weighted by atomic mass is 9.95.